The molecular formula is C18H14F2N2O2S. The third-order valence-corrected chi connectivity index (χ3v) is 4.53. The predicted molar refractivity (Wildman–Crippen MR) is 94.5 cm³/mol. The lowest BCUT2D eigenvalue weighted by atomic mass is 10.2. The molecule has 1 N–H and O–H groups in total. The molecule has 0 spiro atoms. The van der Waals surface area contributed by atoms with Crippen LogP contribution in [0.15, 0.2) is 52.4 Å². The number of benzene rings is 2. The molecule has 4 nitrogen and oxygen atoms in total. The number of aliphatic imine (C=N–C) groups is 1. The van der Waals surface area contributed by atoms with E-state index in [2.05, 4.69) is 4.99 Å². The summed E-state index contributed by atoms with van der Waals surface area (Å²) in [7, 11) is 0. The van der Waals surface area contributed by atoms with Crippen LogP contribution >= 0.6 is 11.8 Å². The van der Waals surface area contributed by atoms with Crippen LogP contribution in [0.2, 0.25) is 0 Å². The molecule has 25 heavy (non-hydrogen) atoms. The molecule has 0 aliphatic carbocycles. The van der Waals surface area contributed by atoms with Crippen molar-refractivity contribution in [3.05, 3.63) is 64.6 Å². The first kappa shape index (κ1) is 17.2. The minimum atomic E-state index is -0.785. The summed E-state index contributed by atoms with van der Waals surface area (Å²) < 4.78 is 26.8. The van der Waals surface area contributed by atoms with E-state index in [1.54, 1.807) is 25.1 Å². The lowest BCUT2D eigenvalue weighted by Gasteiger charge is -2.12. The number of hydrogen-bond donors (Lipinski definition) is 1. The summed E-state index contributed by atoms with van der Waals surface area (Å²) in [5.74, 6) is -1.57. The summed E-state index contributed by atoms with van der Waals surface area (Å²) in [5.41, 5.74) is 0.722. The lowest BCUT2D eigenvalue weighted by Crippen LogP contribution is -2.28. The van der Waals surface area contributed by atoms with E-state index >= 15 is 0 Å². The van der Waals surface area contributed by atoms with E-state index in [0.717, 1.165) is 29.5 Å². The van der Waals surface area contributed by atoms with Crippen molar-refractivity contribution in [3.63, 3.8) is 0 Å². The third kappa shape index (κ3) is 3.71. The molecule has 3 rings (SSSR count). The van der Waals surface area contributed by atoms with Gasteiger partial charge in [-0.3, -0.25) is 9.69 Å². The van der Waals surface area contributed by atoms with Crippen molar-refractivity contribution >= 4 is 34.6 Å². The predicted octanol–water partition coefficient (Wildman–Crippen LogP) is 4.29. The molecule has 7 heteroatoms. The Kier molecular flexibility index (Phi) is 4.85. The van der Waals surface area contributed by atoms with Crippen LogP contribution in [0, 0.1) is 11.6 Å². The number of aromatic hydroxyl groups is 1. The quantitative estimate of drug-likeness (QED) is 0.831. The maximum atomic E-state index is 13.8. The second kappa shape index (κ2) is 7.06. The molecule has 0 bridgehead atoms. The number of rotatable bonds is 3. The standard InChI is InChI=1S/C18H14F2N2O2S/c1-2-22-17(24)16(9-11-3-6-13(23)7-4-11)25-18(22)21-15-8-5-12(19)10-14(15)20/h3-10,23H,2H2,1H3/b16-9+,21-18?. The van der Waals surface area contributed by atoms with Gasteiger partial charge in [0, 0.05) is 12.6 Å². The van der Waals surface area contributed by atoms with Crippen LogP contribution in [0.3, 0.4) is 0 Å². The molecule has 0 saturated carbocycles. The number of likely N-dealkylation sites (N-methyl/N-ethyl adjacent to an activating group) is 1. The zero-order chi connectivity index (χ0) is 18.0. The minimum Gasteiger partial charge on any atom is -0.508 e. The van der Waals surface area contributed by atoms with E-state index in [9.17, 15) is 18.7 Å². The first-order valence-corrected chi connectivity index (χ1v) is 8.33. The number of carbonyl (C=O) groups excluding carboxylic acids is 1. The van der Waals surface area contributed by atoms with Crippen LogP contribution in [0.25, 0.3) is 6.08 Å². The fourth-order valence-corrected chi connectivity index (χ4v) is 3.32. The summed E-state index contributed by atoms with van der Waals surface area (Å²) >= 11 is 1.12. The average molecular weight is 360 g/mol. The fourth-order valence-electron chi connectivity index (χ4n) is 2.27. The van der Waals surface area contributed by atoms with Crippen molar-refractivity contribution in [3.8, 4) is 5.75 Å². The Morgan fingerprint density at radius 2 is 1.92 bits per heavy atom. The second-order valence-electron chi connectivity index (χ2n) is 5.24. The number of phenols is 1. The van der Waals surface area contributed by atoms with Gasteiger partial charge in [0.25, 0.3) is 5.91 Å². The summed E-state index contributed by atoms with van der Waals surface area (Å²) in [5, 5.41) is 9.66. The Morgan fingerprint density at radius 1 is 1.20 bits per heavy atom. The Labute approximate surface area is 147 Å². The van der Waals surface area contributed by atoms with Crippen molar-refractivity contribution in [2.75, 3.05) is 6.54 Å². The van der Waals surface area contributed by atoms with Gasteiger partial charge in [-0.2, -0.15) is 0 Å². The molecule has 1 aliphatic rings. The zero-order valence-electron chi connectivity index (χ0n) is 13.2. The van der Waals surface area contributed by atoms with Gasteiger partial charge in [0.15, 0.2) is 11.0 Å². The molecule has 1 saturated heterocycles. The van der Waals surface area contributed by atoms with Crippen molar-refractivity contribution in [2.24, 2.45) is 4.99 Å². The Hall–Kier alpha value is -2.67. The Bertz CT molecular complexity index is 879. The van der Waals surface area contributed by atoms with Crippen molar-refractivity contribution in [1.82, 2.24) is 4.90 Å². The van der Waals surface area contributed by atoms with E-state index < -0.39 is 11.6 Å². The highest BCUT2D eigenvalue weighted by atomic mass is 32.2. The molecule has 0 aromatic heterocycles. The molecule has 1 amide bonds. The molecular weight excluding hydrogens is 346 g/mol. The summed E-state index contributed by atoms with van der Waals surface area (Å²) in [6.07, 6.45) is 1.68. The minimum absolute atomic E-state index is 0.0268. The van der Waals surface area contributed by atoms with Crippen LogP contribution < -0.4 is 0 Å². The van der Waals surface area contributed by atoms with Crippen molar-refractivity contribution in [2.45, 2.75) is 6.92 Å². The van der Waals surface area contributed by atoms with Gasteiger partial charge in [-0.15, -0.1) is 0 Å². The maximum absolute atomic E-state index is 13.8. The molecule has 0 unspecified atom stereocenters. The molecule has 2 aromatic rings. The topological polar surface area (TPSA) is 52.9 Å². The molecule has 2 aromatic carbocycles. The number of amidine groups is 1. The maximum Gasteiger partial charge on any atom is 0.266 e. The van der Waals surface area contributed by atoms with E-state index in [1.807, 2.05) is 0 Å². The number of thioether (sulfide) groups is 1. The Balaban J connectivity index is 1.94. The summed E-state index contributed by atoms with van der Waals surface area (Å²) in [4.78, 5) is 18.5. The van der Waals surface area contributed by atoms with Gasteiger partial charge in [0.2, 0.25) is 0 Å². The van der Waals surface area contributed by atoms with Crippen molar-refractivity contribution in [1.29, 1.82) is 0 Å². The van der Waals surface area contributed by atoms with E-state index in [0.29, 0.717) is 16.6 Å². The number of carbonyl (C=O) groups is 1. The van der Waals surface area contributed by atoms with Gasteiger partial charge >= 0.3 is 0 Å². The van der Waals surface area contributed by atoms with Gasteiger partial charge < -0.3 is 5.11 Å². The molecule has 0 radical (unpaired) electrons. The van der Waals surface area contributed by atoms with E-state index in [4.69, 9.17) is 0 Å². The van der Waals surface area contributed by atoms with E-state index in [-0.39, 0.29) is 17.3 Å². The lowest BCUT2D eigenvalue weighted by molar-refractivity contribution is -0.122. The summed E-state index contributed by atoms with van der Waals surface area (Å²) in [6.45, 7) is 2.17. The largest absolute Gasteiger partial charge is 0.508 e. The fraction of sp³-hybridized carbons (Fsp3) is 0.111. The summed E-state index contributed by atoms with van der Waals surface area (Å²) in [6, 6.07) is 9.52. The van der Waals surface area contributed by atoms with Crippen molar-refractivity contribution < 1.29 is 18.7 Å². The number of phenolic OH excluding ortho intramolecular Hbond substituents is 1. The number of hydrogen-bond acceptors (Lipinski definition) is 4. The van der Waals surface area contributed by atoms with Gasteiger partial charge in [0.05, 0.1) is 4.91 Å². The highest BCUT2D eigenvalue weighted by molar-refractivity contribution is 8.18. The second-order valence-corrected chi connectivity index (χ2v) is 6.25. The van der Waals surface area contributed by atoms with Crippen LogP contribution in [0.5, 0.6) is 5.75 Å². The molecule has 0 atom stereocenters. The van der Waals surface area contributed by atoms with Gasteiger partial charge in [-0.25, -0.2) is 13.8 Å². The van der Waals surface area contributed by atoms with Crippen LogP contribution in [-0.2, 0) is 4.79 Å². The van der Waals surface area contributed by atoms with Gasteiger partial charge in [-0.1, -0.05) is 12.1 Å². The first-order chi connectivity index (χ1) is 12.0. The number of halogens is 2. The zero-order valence-corrected chi connectivity index (χ0v) is 14.1. The van der Waals surface area contributed by atoms with Crippen LogP contribution in [-0.4, -0.2) is 27.6 Å². The monoisotopic (exact) mass is 360 g/mol. The van der Waals surface area contributed by atoms with Gasteiger partial charge in [0.1, 0.15) is 17.3 Å². The molecule has 128 valence electrons. The average Bonchev–Trinajstić information content (AvgIpc) is 2.87. The number of nitrogens with zero attached hydrogens (tertiary/aromatic N) is 2. The molecule has 1 aliphatic heterocycles. The SMILES string of the molecule is CCN1C(=O)/C(=C\c2ccc(O)cc2)SC1=Nc1ccc(F)cc1F. The highest BCUT2D eigenvalue weighted by Crippen LogP contribution is 2.34. The molecule has 1 heterocycles. The van der Waals surface area contributed by atoms with Crippen LogP contribution in [0.1, 0.15) is 12.5 Å². The Morgan fingerprint density at radius 3 is 2.56 bits per heavy atom. The third-order valence-electron chi connectivity index (χ3n) is 3.52. The molecule has 1 fully saturated rings. The normalized spacial score (nSPS) is 17.7. The van der Waals surface area contributed by atoms with E-state index in [1.165, 1.54) is 23.1 Å². The van der Waals surface area contributed by atoms with Crippen LogP contribution in [0.4, 0.5) is 14.5 Å². The first-order valence-electron chi connectivity index (χ1n) is 7.52. The smallest absolute Gasteiger partial charge is 0.266 e. The van der Waals surface area contributed by atoms with Gasteiger partial charge in [-0.05, 0) is 54.6 Å². The highest BCUT2D eigenvalue weighted by Gasteiger charge is 2.32. The number of amides is 1.